The number of carbonyl (C=O) groups is 2. The quantitative estimate of drug-likeness (QED) is 0.641. The Hall–Kier alpha value is -2.60. The van der Waals surface area contributed by atoms with Gasteiger partial charge in [-0.2, -0.15) is 0 Å². The van der Waals surface area contributed by atoms with E-state index >= 15 is 0 Å². The normalized spacial score (nSPS) is 13.9. The molecular formula is C21H19BrN2O3. The molecule has 0 spiro atoms. The molecule has 2 amide bonds. The summed E-state index contributed by atoms with van der Waals surface area (Å²) in [4.78, 5) is 27.3. The van der Waals surface area contributed by atoms with Gasteiger partial charge < -0.3 is 14.6 Å². The van der Waals surface area contributed by atoms with E-state index in [2.05, 4.69) is 21.2 Å². The minimum atomic E-state index is -0.341. The molecule has 2 heterocycles. The van der Waals surface area contributed by atoms with Crippen LogP contribution in [-0.4, -0.2) is 29.8 Å². The average molecular weight is 427 g/mol. The van der Waals surface area contributed by atoms with Gasteiger partial charge in [0, 0.05) is 29.7 Å². The van der Waals surface area contributed by atoms with Gasteiger partial charge in [-0.15, -0.1) is 0 Å². The van der Waals surface area contributed by atoms with Crippen LogP contribution in [0.3, 0.4) is 0 Å². The first-order chi connectivity index (χ1) is 13.0. The number of rotatable bonds is 3. The second-order valence-corrected chi connectivity index (χ2v) is 7.55. The van der Waals surface area contributed by atoms with E-state index in [4.69, 9.17) is 4.42 Å². The molecule has 2 aromatic carbocycles. The van der Waals surface area contributed by atoms with Crippen LogP contribution in [0.4, 0.5) is 5.69 Å². The summed E-state index contributed by atoms with van der Waals surface area (Å²) in [6.07, 6.45) is 2.09. The molecule has 6 heteroatoms. The summed E-state index contributed by atoms with van der Waals surface area (Å²) in [6, 6.07) is 12.8. The summed E-state index contributed by atoms with van der Waals surface area (Å²) < 4.78 is 6.50. The first kappa shape index (κ1) is 17.8. The molecule has 27 heavy (non-hydrogen) atoms. The van der Waals surface area contributed by atoms with Crippen molar-refractivity contribution in [3.05, 3.63) is 63.8 Å². The Kier molecular flexibility index (Phi) is 4.74. The van der Waals surface area contributed by atoms with Crippen molar-refractivity contribution in [3.8, 4) is 0 Å². The van der Waals surface area contributed by atoms with Crippen molar-refractivity contribution in [2.75, 3.05) is 18.4 Å². The van der Waals surface area contributed by atoms with Crippen molar-refractivity contribution in [2.45, 2.75) is 19.8 Å². The van der Waals surface area contributed by atoms with E-state index in [1.54, 1.807) is 18.2 Å². The number of benzene rings is 2. The number of hydrogen-bond donors (Lipinski definition) is 1. The Balaban J connectivity index is 1.60. The van der Waals surface area contributed by atoms with Gasteiger partial charge in [-0.1, -0.05) is 18.2 Å². The van der Waals surface area contributed by atoms with Crippen LogP contribution in [-0.2, 0) is 0 Å². The molecule has 3 aromatic rings. The topological polar surface area (TPSA) is 62.6 Å². The summed E-state index contributed by atoms with van der Waals surface area (Å²) in [5.74, 6) is -0.0895. The monoisotopic (exact) mass is 426 g/mol. The molecule has 1 aliphatic heterocycles. The lowest BCUT2D eigenvalue weighted by Crippen LogP contribution is -2.28. The van der Waals surface area contributed by atoms with Gasteiger partial charge in [-0.25, -0.2) is 0 Å². The molecule has 0 bridgehead atoms. The average Bonchev–Trinajstić information content (AvgIpc) is 3.33. The number of amides is 2. The van der Waals surface area contributed by atoms with Crippen LogP contribution in [0.15, 0.2) is 51.4 Å². The number of nitrogens with one attached hydrogen (secondary N) is 1. The third-order valence-corrected chi connectivity index (χ3v) is 5.55. The Morgan fingerprint density at radius 1 is 1.11 bits per heavy atom. The molecule has 0 unspecified atom stereocenters. The van der Waals surface area contributed by atoms with E-state index in [1.807, 2.05) is 36.1 Å². The van der Waals surface area contributed by atoms with Gasteiger partial charge in [0.1, 0.15) is 5.58 Å². The highest BCUT2D eigenvalue weighted by molar-refractivity contribution is 9.10. The van der Waals surface area contributed by atoms with Gasteiger partial charge in [-0.05, 0) is 65.5 Å². The van der Waals surface area contributed by atoms with Crippen molar-refractivity contribution >= 4 is 44.4 Å². The van der Waals surface area contributed by atoms with E-state index in [1.165, 1.54) is 0 Å². The molecule has 0 atom stereocenters. The van der Waals surface area contributed by atoms with Crippen molar-refractivity contribution < 1.29 is 14.0 Å². The first-order valence-corrected chi connectivity index (χ1v) is 9.72. The fraction of sp³-hybridized carbons (Fsp3) is 0.238. The number of para-hydroxylation sites is 1. The lowest BCUT2D eigenvalue weighted by molar-refractivity contribution is 0.0791. The third kappa shape index (κ3) is 3.37. The van der Waals surface area contributed by atoms with Crippen LogP contribution in [0.1, 0.15) is 39.3 Å². The predicted molar refractivity (Wildman–Crippen MR) is 108 cm³/mol. The highest BCUT2D eigenvalue weighted by Crippen LogP contribution is 2.28. The van der Waals surface area contributed by atoms with E-state index < -0.39 is 0 Å². The Labute approximate surface area is 165 Å². The molecule has 1 fully saturated rings. The summed E-state index contributed by atoms with van der Waals surface area (Å²) in [5, 5.41) is 3.73. The number of hydrogen-bond acceptors (Lipinski definition) is 3. The molecule has 0 aliphatic carbocycles. The van der Waals surface area contributed by atoms with Crippen LogP contribution in [0.5, 0.6) is 0 Å². The molecule has 5 nitrogen and oxygen atoms in total. The number of carbonyl (C=O) groups excluding carboxylic acids is 2. The Morgan fingerprint density at radius 3 is 2.59 bits per heavy atom. The zero-order valence-electron chi connectivity index (χ0n) is 14.9. The minimum Gasteiger partial charge on any atom is -0.450 e. The van der Waals surface area contributed by atoms with Gasteiger partial charge in [-0.3, -0.25) is 9.59 Å². The smallest absolute Gasteiger partial charge is 0.291 e. The van der Waals surface area contributed by atoms with Crippen molar-refractivity contribution in [1.29, 1.82) is 0 Å². The van der Waals surface area contributed by atoms with Crippen LogP contribution in [0, 0.1) is 6.92 Å². The summed E-state index contributed by atoms with van der Waals surface area (Å²) in [7, 11) is 0. The highest BCUT2D eigenvalue weighted by Gasteiger charge is 2.22. The molecular weight excluding hydrogens is 408 g/mol. The lowest BCUT2D eigenvalue weighted by atomic mass is 10.1. The zero-order valence-corrected chi connectivity index (χ0v) is 16.5. The summed E-state index contributed by atoms with van der Waals surface area (Å²) in [6.45, 7) is 3.44. The second-order valence-electron chi connectivity index (χ2n) is 6.70. The molecule has 0 radical (unpaired) electrons. The maximum Gasteiger partial charge on any atom is 0.291 e. The van der Waals surface area contributed by atoms with Crippen molar-refractivity contribution in [3.63, 3.8) is 0 Å². The fourth-order valence-corrected chi connectivity index (χ4v) is 3.88. The van der Waals surface area contributed by atoms with Crippen LogP contribution in [0.2, 0.25) is 0 Å². The predicted octanol–water partition coefficient (Wildman–Crippen LogP) is 4.99. The minimum absolute atomic E-state index is 0.0220. The van der Waals surface area contributed by atoms with Gasteiger partial charge in [0.2, 0.25) is 0 Å². The number of likely N-dealkylation sites (tertiary alicyclic amines) is 1. The van der Waals surface area contributed by atoms with Crippen LogP contribution < -0.4 is 5.32 Å². The maximum absolute atomic E-state index is 12.7. The molecule has 1 N–H and O–H groups in total. The van der Waals surface area contributed by atoms with Gasteiger partial charge in [0.15, 0.2) is 5.76 Å². The number of furan rings is 1. The SMILES string of the molecule is Cc1c(NC(=O)c2cc3cccc(Br)c3o2)cccc1C(=O)N1CCCC1. The molecule has 1 aliphatic rings. The van der Waals surface area contributed by atoms with Gasteiger partial charge in [0.25, 0.3) is 11.8 Å². The van der Waals surface area contributed by atoms with Crippen LogP contribution in [0.25, 0.3) is 11.0 Å². The summed E-state index contributed by atoms with van der Waals surface area (Å²) >= 11 is 3.43. The molecule has 1 saturated heterocycles. The summed E-state index contributed by atoms with van der Waals surface area (Å²) in [5.41, 5.74) is 2.64. The van der Waals surface area contributed by atoms with E-state index in [0.29, 0.717) is 16.8 Å². The molecule has 4 rings (SSSR count). The number of fused-ring (bicyclic) bond motifs is 1. The molecule has 138 valence electrons. The number of anilines is 1. The van der Waals surface area contributed by atoms with Crippen molar-refractivity contribution in [1.82, 2.24) is 4.90 Å². The number of halogens is 1. The van der Waals surface area contributed by atoms with Crippen molar-refractivity contribution in [2.24, 2.45) is 0 Å². The fourth-order valence-electron chi connectivity index (χ4n) is 3.42. The first-order valence-electron chi connectivity index (χ1n) is 8.93. The van der Waals surface area contributed by atoms with Gasteiger partial charge >= 0.3 is 0 Å². The van der Waals surface area contributed by atoms with E-state index in [9.17, 15) is 9.59 Å². The Morgan fingerprint density at radius 2 is 1.85 bits per heavy atom. The Bertz CT molecular complexity index is 1040. The largest absolute Gasteiger partial charge is 0.450 e. The van der Waals surface area contributed by atoms with Gasteiger partial charge in [0.05, 0.1) is 4.47 Å². The third-order valence-electron chi connectivity index (χ3n) is 4.93. The molecule has 0 saturated carbocycles. The number of nitrogens with zero attached hydrogens (tertiary/aromatic N) is 1. The van der Waals surface area contributed by atoms with E-state index in [-0.39, 0.29) is 17.6 Å². The zero-order chi connectivity index (χ0) is 19.0. The lowest BCUT2D eigenvalue weighted by Gasteiger charge is -2.18. The second kappa shape index (κ2) is 7.19. The maximum atomic E-state index is 12.7. The molecule has 1 aromatic heterocycles. The highest BCUT2D eigenvalue weighted by atomic mass is 79.9. The van der Waals surface area contributed by atoms with E-state index in [0.717, 1.165) is 41.4 Å². The van der Waals surface area contributed by atoms with Crippen LogP contribution >= 0.6 is 15.9 Å². The standard InChI is InChI=1S/C21H19BrN2O3/c1-13-15(21(26)24-10-2-3-11-24)7-5-9-17(13)23-20(25)18-12-14-6-4-8-16(22)19(14)27-18/h4-9,12H,2-3,10-11H2,1H3,(H,23,25).